The van der Waals surface area contributed by atoms with Crippen LogP contribution < -0.4 is 5.32 Å². The summed E-state index contributed by atoms with van der Waals surface area (Å²) in [7, 11) is 2.15. The van der Waals surface area contributed by atoms with Crippen molar-refractivity contribution in [1.29, 1.82) is 0 Å². The van der Waals surface area contributed by atoms with Gasteiger partial charge in [0.1, 0.15) is 17.0 Å². The minimum Gasteiger partial charge on any atom is -0.464 e. The molecule has 0 saturated carbocycles. The van der Waals surface area contributed by atoms with E-state index in [0.717, 1.165) is 48.1 Å². The molecule has 0 aromatic carbocycles. The second-order valence-electron chi connectivity index (χ2n) is 6.27. The Labute approximate surface area is 135 Å². The first-order valence-electron chi connectivity index (χ1n) is 8.01. The molecule has 0 spiro atoms. The molecule has 120 valence electrons. The number of furan rings is 1. The number of rotatable bonds is 4. The van der Waals surface area contributed by atoms with Crippen LogP contribution in [0.15, 0.2) is 34.9 Å². The zero-order valence-corrected chi connectivity index (χ0v) is 13.5. The lowest BCUT2D eigenvalue weighted by Gasteiger charge is -2.15. The Kier molecular flexibility index (Phi) is 3.53. The van der Waals surface area contributed by atoms with Crippen LogP contribution in [0.4, 0.5) is 5.95 Å². The minimum atomic E-state index is 0.425. The monoisotopic (exact) mass is 311 g/mol. The quantitative estimate of drug-likeness (QED) is 0.802. The van der Waals surface area contributed by atoms with Crippen LogP contribution in [0.3, 0.4) is 0 Å². The van der Waals surface area contributed by atoms with Gasteiger partial charge < -0.3 is 14.6 Å². The van der Waals surface area contributed by atoms with Crippen molar-refractivity contribution >= 4 is 17.1 Å². The van der Waals surface area contributed by atoms with Gasteiger partial charge in [-0.05, 0) is 51.2 Å². The van der Waals surface area contributed by atoms with Crippen LogP contribution >= 0.6 is 0 Å². The Morgan fingerprint density at radius 1 is 1.35 bits per heavy atom. The molecule has 1 atom stereocenters. The van der Waals surface area contributed by atoms with Crippen LogP contribution in [0.25, 0.3) is 11.2 Å². The Morgan fingerprint density at radius 3 is 3.00 bits per heavy atom. The van der Waals surface area contributed by atoms with Crippen molar-refractivity contribution in [3.05, 3.63) is 42.0 Å². The molecular formula is C17H21N5O. The lowest BCUT2D eigenvalue weighted by atomic mass is 10.3. The fourth-order valence-corrected chi connectivity index (χ4v) is 3.18. The number of nitrogens with one attached hydrogen (secondary N) is 1. The molecule has 1 saturated heterocycles. The van der Waals surface area contributed by atoms with Crippen LogP contribution in [0.2, 0.25) is 0 Å². The predicted octanol–water partition coefficient (Wildman–Crippen LogP) is 2.50. The van der Waals surface area contributed by atoms with Gasteiger partial charge in [-0.3, -0.25) is 4.57 Å². The summed E-state index contributed by atoms with van der Waals surface area (Å²) >= 11 is 0. The number of pyridine rings is 1. The first-order valence-corrected chi connectivity index (χ1v) is 8.01. The van der Waals surface area contributed by atoms with Crippen molar-refractivity contribution in [1.82, 2.24) is 19.4 Å². The highest BCUT2D eigenvalue weighted by atomic mass is 16.3. The lowest BCUT2D eigenvalue weighted by Crippen LogP contribution is -2.25. The van der Waals surface area contributed by atoms with Gasteiger partial charge in [0, 0.05) is 18.8 Å². The number of hydrogen-bond acceptors (Lipinski definition) is 5. The maximum absolute atomic E-state index is 5.74. The molecule has 1 N–H and O–H groups in total. The van der Waals surface area contributed by atoms with E-state index in [1.807, 2.05) is 31.2 Å². The van der Waals surface area contributed by atoms with Crippen LogP contribution in [0.5, 0.6) is 0 Å². The maximum Gasteiger partial charge on any atom is 0.205 e. The summed E-state index contributed by atoms with van der Waals surface area (Å²) in [5.41, 5.74) is 1.79. The normalized spacial score (nSPS) is 18.8. The van der Waals surface area contributed by atoms with Crippen molar-refractivity contribution < 1.29 is 4.42 Å². The fraction of sp³-hybridized carbons (Fsp3) is 0.412. The Morgan fingerprint density at radius 2 is 2.26 bits per heavy atom. The van der Waals surface area contributed by atoms with E-state index in [9.17, 15) is 0 Å². The smallest absolute Gasteiger partial charge is 0.205 e. The summed E-state index contributed by atoms with van der Waals surface area (Å²) < 4.78 is 7.84. The van der Waals surface area contributed by atoms with Gasteiger partial charge in [-0.2, -0.15) is 0 Å². The van der Waals surface area contributed by atoms with E-state index in [1.165, 1.54) is 0 Å². The third-order valence-electron chi connectivity index (χ3n) is 4.34. The number of aryl methyl sites for hydroxylation is 1. The van der Waals surface area contributed by atoms with Crippen LogP contribution in [-0.2, 0) is 6.54 Å². The summed E-state index contributed by atoms with van der Waals surface area (Å²) in [5.74, 6) is 2.71. The summed E-state index contributed by atoms with van der Waals surface area (Å²) in [6, 6.07) is 8.34. The van der Waals surface area contributed by atoms with Gasteiger partial charge in [-0.25, -0.2) is 9.97 Å². The SMILES string of the molecule is Cc1ccc(Cn2c(NC3CCN(C)C3)nc3cccnc32)o1. The summed E-state index contributed by atoms with van der Waals surface area (Å²) in [6.07, 6.45) is 2.94. The zero-order valence-electron chi connectivity index (χ0n) is 13.5. The molecule has 1 aliphatic rings. The van der Waals surface area contributed by atoms with Gasteiger partial charge in [0.25, 0.3) is 0 Å². The van der Waals surface area contributed by atoms with Crippen molar-refractivity contribution in [2.45, 2.75) is 25.9 Å². The Balaban J connectivity index is 1.69. The first-order chi connectivity index (χ1) is 11.2. The molecular weight excluding hydrogens is 290 g/mol. The number of nitrogens with zero attached hydrogens (tertiary/aromatic N) is 4. The van der Waals surface area contributed by atoms with Crippen molar-refractivity contribution in [2.75, 3.05) is 25.5 Å². The highest BCUT2D eigenvalue weighted by molar-refractivity contribution is 5.74. The van der Waals surface area contributed by atoms with E-state index in [1.54, 1.807) is 6.20 Å². The Hall–Kier alpha value is -2.34. The molecule has 4 heterocycles. The molecule has 1 aliphatic heterocycles. The summed E-state index contributed by atoms with van der Waals surface area (Å²) in [6.45, 7) is 4.75. The standard InChI is InChI=1S/C17H21N5O/c1-12-5-6-14(23-12)11-22-16-15(4-3-8-18-16)20-17(22)19-13-7-9-21(2)10-13/h3-6,8,13H,7,9-11H2,1-2H3,(H,19,20). The summed E-state index contributed by atoms with van der Waals surface area (Å²) in [5, 5.41) is 3.58. The van der Waals surface area contributed by atoms with Crippen molar-refractivity contribution in [3.8, 4) is 0 Å². The molecule has 6 heteroatoms. The van der Waals surface area contributed by atoms with E-state index >= 15 is 0 Å². The maximum atomic E-state index is 5.74. The number of hydrogen-bond donors (Lipinski definition) is 1. The lowest BCUT2D eigenvalue weighted by molar-refractivity contribution is 0.413. The van der Waals surface area contributed by atoms with Crippen LogP contribution in [0.1, 0.15) is 17.9 Å². The van der Waals surface area contributed by atoms with E-state index in [4.69, 9.17) is 9.40 Å². The third-order valence-corrected chi connectivity index (χ3v) is 4.34. The van der Waals surface area contributed by atoms with Gasteiger partial charge in [0.15, 0.2) is 5.65 Å². The average molecular weight is 311 g/mol. The van der Waals surface area contributed by atoms with E-state index in [2.05, 4.69) is 26.8 Å². The summed E-state index contributed by atoms with van der Waals surface area (Å²) in [4.78, 5) is 11.6. The molecule has 0 aliphatic carbocycles. The largest absolute Gasteiger partial charge is 0.464 e. The molecule has 4 rings (SSSR count). The second-order valence-corrected chi connectivity index (χ2v) is 6.27. The number of anilines is 1. The van der Waals surface area contributed by atoms with Gasteiger partial charge >= 0.3 is 0 Å². The molecule has 3 aromatic rings. The molecule has 23 heavy (non-hydrogen) atoms. The average Bonchev–Trinajstić information content (AvgIpc) is 3.21. The molecule has 6 nitrogen and oxygen atoms in total. The minimum absolute atomic E-state index is 0.425. The fourth-order valence-electron chi connectivity index (χ4n) is 3.18. The second kappa shape index (κ2) is 5.70. The molecule has 1 fully saturated rings. The van der Waals surface area contributed by atoms with Crippen molar-refractivity contribution in [2.24, 2.45) is 0 Å². The topological polar surface area (TPSA) is 59.1 Å². The molecule has 0 bridgehead atoms. The highest BCUT2D eigenvalue weighted by Gasteiger charge is 2.22. The molecule has 0 radical (unpaired) electrons. The molecule has 1 unspecified atom stereocenters. The van der Waals surface area contributed by atoms with E-state index in [-0.39, 0.29) is 0 Å². The van der Waals surface area contributed by atoms with Gasteiger partial charge in [-0.15, -0.1) is 0 Å². The van der Waals surface area contributed by atoms with Gasteiger partial charge in [0.05, 0.1) is 6.54 Å². The third kappa shape index (κ3) is 2.82. The number of aromatic nitrogens is 3. The van der Waals surface area contributed by atoms with Crippen molar-refractivity contribution in [3.63, 3.8) is 0 Å². The van der Waals surface area contributed by atoms with Crippen LogP contribution in [0, 0.1) is 6.92 Å². The molecule has 0 amide bonds. The highest BCUT2D eigenvalue weighted by Crippen LogP contribution is 2.22. The number of imidazole rings is 1. The molecule has 3 aromatic heterocycles. The number of likely N-dealkylation sites (tertiary alicyclic amines) is 1. The van der Waals surface area contributed by atoms with E-state index in [0.29, 0.717) is 12.6 Å². The number of likely N-dealkylation sites (N-methyl/N-ethyl adjacent to an activating group) is 1. The Bertz CT molecular complexity index is 821. The predicted molar refractivity (Wildman–Crippen MR) is 89.6 cm³/mol. The zero-order chi connectivity index (χ0) is 15.8. The van der Waals surface area contributed by atoms with Crippen LogP contribution in [-0.4, -0.2) is 45.6 Å². The van der Waals surface area contributed by atoms with Gasteiger partial charge in [0.2, 0.25) is 5.95 Å². The van der Waals surface area contributed by atoms with Gasteiger partial charge in [-0.1, -0.05) is 0 Å². The van der Waals surface area contributed by atoms with E-state index < -0.39 is 0 Å². The first kappa shape index (κ1) is 14.3. The number of fused-ring (bicyclic) bond motifs is 1.